The van der Waals surface area contributed by atoms with E-state index in [1.807, 2.05) is 0 Å². The highest BCUT2D eigenvalue weighted by Gasteiger charge is 2.39. The molecule has 0 unspecified atom stereocenters. The quantitative estimate of drug-likeness (QED) is 0.855. The van der Waals surface area contributed by atoms with Crippen molar-refractivity contribution in [3.63, 3.8) is 0 Å². The van der Waals surface area contributed by atoms with Crippen LogP contribution in [0.2, 0.25) is 5.02 Å². The van der Waals surface area contributed by atoms with Gasteiger partial charge in [0.05, 0.1) is 17.0 Å². The van der Waals surface area contributed by atoms with Gasteiger partial charge in [-0.2, -0.15) is 4.31 Å². The molecule has 0 aromatic heterocycles. The highest BCUT2D eigenvalue weighted by Crippen LogP contribution is 2.41. The van der Waals surface area contributed by atoms with Crippen molar-refractivity contribution in [2.45, 2.75) is 30.6 Å². The van der Waals surface area contributed by atoms with Crippen LogP contribution in [0.5, 0.6) is 5.75 Å². The SMILES string of the molecule is COc1ccc(S(=O)(=O)N2CCC3(CCNCC3)CC2)cc1Cl.Cl. The third-order valence-electron chi connectivity index (χ3n) is 5.21. The molecule has 0 atom stereocenters. The number of piperidine rings is 2. The molecule has 3 rings (SSSR count). The van der Waals surface area contributed by atoms with Crippen LogP contribution in [0.15, 0.2) is 23.1 Å². The van der Waals surface area contributed by atoms with Gasteiger partial charge >= 0.3 is 0 Å². The minimum absolute atomic E-state index is 0. The van der Waals surface area contributed by atoms with E-state index in [-0.39, 0.29) is 17.3 Å². The summed E-state index contributed by atoms with van der Waals surface area (Å²) in [5.74, 6) is 0.484. The number of nitrogens with zero attached hydrogens (tertiary/aromatic N) is 1. The number of methoxy groups -OCH3 is 1. The van der Waals surface area contributed by atoms with Crippen molar-refractivity contribution in [3.8, 4) is 5.75 Å². The Morgan fingerprint density at radius 1 is 1.17 bits per heavy atom. The molecule has 0 amide bonds. The van der Waals surface area contributed by atoms with E-state index in [9.17, 15) is 8.42 Å². The average Bonchev–Trinajstić information content (AvgIpc) is 2.56. The monoisotopic (exact) mass is 394 g/mol. The van der Waals surface area contributed by atoms with Crippen LogP contribution in [-0.4, -0.2) is 46.0 Å². The Balaban J connectivity index is 0.00000208. The lowest BCUT2D eigenvalue weighted by atomic mass is 9.72. The predicted molar refractivity (Wildman–Crippen MR) is 97.8 cm³/mol. The first-order chi connectivity index (χ1) is 11.0. The van der Waals surface area contributed by atoms with E-state index >= 15 is 0 Å². The van der Waals surface area contributed by atoms with Crippen molar-refractivity contribution < 1.29 is 13.2 Å². The fraction of sp³-hybridized carbons (Fsp3) is 0.625. The molecule has 2 saturated heterocycles. The molecule has 1 spiro atoms. The van der Waals surface area contributed by atoms with Gasteiger partial charge in [0.15, 0.2) is 0 Å². The van der Waals surface area contributed by atoms with E-state index in [0.29, 0.717) is 29.3 Å². The van der Waals surface area contributed by atoms with Crippen LogP contribution in [0.3, 0.4) is 0 Å². The second-order valence-corrected chi connectivity index (χ2v) is 8.80. The standard InChI is InChI=1S/C16H23ClN2O3S.ClH/c1-22-15-3-2-13(12-14(15)17)23(20,21)19-10-6-16(7-11-19)4-8-18-9-5-16;/h2-3,12,18H,4-11H2,1H3;1H. The maximum absolute atomic E-state index is 12.8. The maximum Gasteiger partial charge on any atom is 0.243 e. The maximum atomic E-state index is 12.8. The largest absolute Gasteiger partial charge is 0.495 e. The summed E-state index contributed by atoms with van der Waals surface area (Å²) in [5, 5.41) is 3.70. The summed E-state index contributed by atoms with van der Waals surface area (Å²) in [6.45, 7) is 3.26. The summed E-state index contributed by atoms with van der Waals surface area (Å²) in [4.78, 5) is 0.240. The van der Waals surface area contributed by atoms with Gasteiger partial charge < -0.3 is 10.1 Å². The van der Waals surface area contributed by atoms with E-state index in [0.717, 1.165) is 38.8 Å². The van der Waals surface area contributed by atoms with Crippen molar-refractivity contribution in [1.29, 1.82) is 0 Å². The number of halogens is 2. The second-order valence-electron chi connectivity index (χ2n) is 6.45. The molecule has 2 heterocycles. The Hall–Kier alpha value is -0.530. The molecule has 24 heavy (non-hydrogen) atoms. The molecule has 8 heteroatoms. The molecule has 2 aliphatic rings. The number of benzene rings is 1. The van der Waals surface area contributed by atoms with Gasteiger partial charge in [-0.1, -0.05) is 11.6 Å². The van der Waals surface area contributed by atoms with Crippen molar-refractivity contribution >= 4 is 34.0 Å². The minimum atomic E-state index is -3.49. The lowest BCUT2D eigenvalue weighted by Gasteiger charge is -2.43. The molecule has 1 aromatic carbocycles. The van der Waals surface area contributed by atoms with Crippen molar-refractivity contribution in [3.05, 3.63) is 23.2 Å². The van der Waals surface area contributed by atoms with Gasteiger partial charge in [-0.3, -0.25) is 0 Å². The molecular weight excluding hydrogens is 371 g/mol. The van der Waals surface area contributed by atoms with Crippen LogP contribution in [0.4, 0.5) is 0 Å². The summed E-state index contributed by atoms with van der Waals surface area (Å²) in [6.07, 6.45) is 4.18. The molecular formula is C16H24Cl2N2O3S. The molecule has 2 fully saturated rings. The van der Waals surface area contributed by atoms with Gasteiger partial charge in [0.1, 0.15) is 5.75 Å². The minimum Gasteiger partial charge on any atom is -0.495 e. The van der Waals surface area contributed by atoms with Crippen LogP contribution in [0, 0.1) is 5.41 Å². The Bertz CT molecular complexity index is 666. The lowest BCUT2D eigenvalue weighted by Crippen LogP contribution is -2.47. The van der Waals surface area contributed by atoms with Crippen LogP contribution >= 0.6 is 24.0 Å². The van der Waals surface area contributed by atoms with E-state index in [2.05, 4.69) is 5.32 Å². The van der Waals surface area contributed by atoms with E-state index in [1.165, 1.54) is 13.2 Å². The Morgan fingerprint density at radius 3 is 2.33 bits per heavy atom. The van der Waals surface area contributed by atoms with E-state index in [4.69, 9.17) is 16.3 Å². The first-order valence-electron chi connectivity index (χ1n) is 8.01. The zero-order valence-corrected chi connectivity index (χ0v) is 16.1. The molecule has 0 radical (unpaired) electrons. The molecule has 0 saturated carbocycles. The van der Waals surface area contributed by atoms with Gasteiger partial charge in [0.2, 0.25) is 10.0 Å². The van der Waals surface area contributed by atoms with Gasteiger partial charge in [0.25, 0.3) is 0 Å². The average molecular weight is 395 g/mol. The van der Waals surface area contributed by atoms with Gasteiger partial charge in [-0.05, 0) is 62.4 Å². The summed E-state index contributed by atoms with van der Waals surface area (Å²) in [7, 11) is -1.97. The zero-order valence-electron chi connectivity index (χ0n) is 13.8. The van der Waals surface area contributed by atoms with Gasteiger partial charge in [-0.15, -0.1) is 12.4 Å². The van der Waals surface area contributed by atoms with Crippen molar-refractivity contribution in [2.24, 2.45) is 5.41 Å². The fourth-order valence-corrected chi connectivity index (χ4v) is 5.41. The number of sulfonamides is 1. The number of nitrogens with one attached hydrogen (secondary N) is 1. The predicted octanol–water partition coefficient (Wildman–Crippen LogP) is 2.92. The smallest absolute Gasteiger partial charge is 0.243 e. The molecule has 1 aromatic rings. The first kappa shape index (κ1) is 19.8. The summed E-state index contributed by atoms with van der Waals surface area (Å²) >= 11 is 6.08. The van der Waals surface area contributed by atoms with Crippen molar-refractivity contribution in [2.75, 3.05) is 33.3 Å². The fourth-order valence-electron chi connectivity index (χ4n) is 3.61. The third kappa shape index (κ3) is 3.83. The molecule has 0 bridgehead atoms. The van der Waals surface area contributed by atoms with E-state index < -0.39 is 10.0 Å². The Morgan fingerprint density at radius 2 is 1.79 bits per heavy atom. The van der Waals surface area contributed by atoms with E-state index in [1.54, 1.807) is 16.4 Å². The number of hydrogen-bond acceptors (Lipinski definition) is 4. The third-order valence-corrected chi connectivity index (χ3v) is 7.40. The molecule has 136 valence electrons. The normalized spacial score (nSPS) is 21.2. The van der Waals surface area contributed by atoms with Crippen LogP contribution < -0.4 is 10.1 Å². The summed E-state index contributed by atoms with van der Waals surface area (Å²) in [5.41, 5.74) is 0.328. The highest BCUT2D eigenvalue weighted by atomic mass is 35.5. The number of rotatable bonds is 3. The molecule has 5 nitrogen and oxygen atoms in total. The zero-order chi connectivity index (χ0) is 16.5. The number of ether oxygens (including phenoxy) is 1. The van der Waals surface area contributed by atoms with Crippen LogP contribution in [0.25, 0.3) is 0 Å². The highest BCUT2D eigenvalue weighted by molar-refractivity contribution is 7.89. The van der Waals surface area contributed by atoms with Crippen molar-refractivity contribution in [1.82, 2.24) is 9.62 Å². The van der Waals surface area contributed by atoms with Crippen LogP contribution in [0.1, 0.15) is 25.7 Å². The molecule has 1 N–H and O–H groups in total. The summed E-state index contributed by atoms with van der Waals surface area (Å²) in [6, 6.07) is 4.65. The second kappa shape index (κ2) is 7.79. The Labute approximate surface area is 155 Å². The van der Waals surface area contributed by atoms with Gasteiger partial charge in [0, 0.05) is 13.1 Å². The lowest BCUT2D eigenvalue weighted by molar-refractivity contribution is 0.110. The first-order valence-corrected chi connectivity index (χ1v) is 9.83. The molecule has 0 aliphatic carbocycles. The number of hydrogen-bond donors (Lipinski definition) is 1. The summed E-state index contributed by atoms with van der Waals surface area (Å²) < 4.78 is 32.3. The Kier molecular flexibility index (Phi) is 6.42. The molecule has 2 aliphatic heterocycles. The van der Waals surface area contributed by atoms with Crippen LogP contribution in [-0.2, 0) is 10.0 Å². The van der Waals surface area contributed by atoms with Gasteiger partial charge in [-0.25, -0.2) is 8.42 Å². The topological polar surface area (TPSA) is 58.6 Å².